The van der Waals surface area contributed by atoms with Gasteiger partial charge in [0.25, 0.3) is 0 Å². The monoisotopic (exact) mass is 231 g/mol. The van der Waals surface area contributed by atoms with Gasteiger partial charge < -0.3 is 0 Å². The van der Waals surface area contributed by atoms with Crippen LogP contribution >= 0.6 is 22.6 Å². The summed E-state index contributed by atoms with van der Waals surface area (Å²) in [7, 11) is 0. The number of nitriles is 1. The van der Waals surface area contributed by atoms with Crippen LogP contribution in [0.15, 0.2) is 12.1 Å². The number of halogens is 1. The van der Waals surface area contributed by atoms with Crippen LogP contribution in [0.2, 0.25) is 0 Å². The van der Waals surface area contributed by atoms with Crippen molar-refractivity contribution in [1.82, 2.24) is 10.2 Å². The SMILES string of the molecule is N#Cc1ccc(I)nn1. The van der Waals surface area contributed by atoms with Crippen molar-refractivity contribution in [2.24, 2.45) is 0 Å². The molecule has 1 heterocycles. The van der Waals surface area contributed by atoms with Gasteiger partial charge in [-0.2, -0.15) is 5.26 Å². The summed E-state index contributed by atoms with van der Waals surface area (Å²) in [5, 5.41) is 15.5. The second-order valence-corrected chi connectivity index (χ2v) is 2.46. The van der Waals surface area contributed by atoms with Gasteiger partial charge in [-0.3, -0.25) is 0 Å². The fraction of sp³-hybridized carbons (Fsp3) is 0. The summed E-state index contributed by atoms with van der Waals surface area (Å²) in [6.07, 6.45) is 0. The molecule has 0 N–H and O–H groups in total. The predicted molar refractivity (Wildman–Crippen MR) is 39.5 cm³/mol. The van der Waals surface area contributed by atoms with Crippen molar-refractivity contribution in [3.8, 4) is 6.07 Å². The molecule has 0 bridgehead atoms. The highest BCUT2D eigenvalue weighted by Crippen LogP contribution is 1.97. The normalized spacial score (nSPS) is 8.44. The molecule has 4 heteroatoms. The summed E-state index contributed by atoms with van der Waals surface area (Å²) >= 11 is 2.03. The lowest BCUT2D eigenvalue weighted by molar-refractivity contribution is 0.983. The standard InChI is InChI=1S/C5H2IN3/c6-5-2-1-4(3-7)8-9-5/h1-2H. The van der Waals surface area contributed by atoms with Gasteiger partial charge in [0.1, 0.15) is 9.77 Å². The maximum Gasteiger partial charge on any atom is 0.163 e. The Labute approximate surface area is 65.9 Å². The lowest BCUT2D eigenvalue weighted by Crippen LogP contribution is -1.87. The van der Waals surface area contributed by atoms with Crippen LogP contribution in [0.25, 0.3) is 0 Å². The molecule has 0 saturated heterocycles. The minimum absolute atomic E-state index is 0.357. The molecule has 0 spiro atoms. The van der Waals surface area contributed by atoms with Gasteiger partial charge in [-0.05, 0) is 34.7 Å². The maximum atomic E-state index is 8.27. The van der Waals surface area contributed by atoms with E-state index in [4.69, 9.17) is 5.26 Å². The first-order valence-electron chi connectivity index (χ1n) is 2.22. The Bertz CT molecular complexity index is 235. The van der Waals surface area contributed by atoms with E-state index in [9.17, 15) is 0 Å². The second-order valence-electron chi connectivity index (χ2n) is 1.35. The van der Waals surface area contributed by atoms with E-state index in [0.29, 0.717) is 5.69 Å². The molecule has 0 aliphatic rings. The molecular weight excluding hydrogens is 229 g/mol. The number of aromatic nitrogens is 2. The molecule has 44 valence electrons. The van der Waals surface area contributed by atoms with Gasteiger partial charge in [0.05, 0.1) is 0 Å². The quantitative estimate of drug-likeness (QED) is 0.624. The second kappa shape index (κ2) is 2.73. The van der Waals surface area contributed by atoms with Crippen molar-refractivity contribution in [1.29, 1.82) is 5.26 Å². The van der Waals surface area contributed by atoms with E-state index in [1.165, 1.54) is 0 Å². The van der Waals surface area contributed by atoms with Gasteiger partial charge in [0.2, 0.25) is 0 Å². The van der Waals surface area contributed by atoms with E-state index in [0.717, 1.165) is 3.70 Å². The topological polar surface area (TPSA) is 49.6 Å². The van der Waals surface area contributed by atoms with Gasteiger partial charge in [-0.15, -0.1) is 10.2 Å². The van der Waals surface area contributed by atoms with Crippen LogP contribution in [0, 0.1) is 15.0 Å². The Morgan fingerprint density at radius 2 is 2.22 bits per heavy atom. The summed E-state index contributed by atoms with van der Waals surface area (Å²) in [5.41, 5.74) is 0.357. The predicted octanol–water partition coefficient (Wildman–Crippen LogP) is 0.953. The lowest BCUT2D eigenvalue weighted by Gasteiger charge is -1.84. The molecule has 0 fully saturated rings. The average Bonchev–Trinajstić information content (AvgIpc) is 1.90. The molecule has 0 aromatic carbocycles. The summed E-state index contributed by atoms with van der Waals surface area (Å²) in [6.45, 7) is 0. The molecule has 0 aliphatic carbocycles. The van der Waals surface area contributed by atoms with Crippen molar-refractivity contribution >= 4 is 22.6 Å². The molecule has 1 aromatic rings. The zero-order valence-corrected chi connectivity index (χ0v) is 6.53. The third-order valence-electron chi connectivity index (χ3n) is 0.747. The molecule has 0 radical (unpaired) electrons. The maximum absolute atomic E-state index is 8.27. The van der Waals surface area contributed by atoms with E-state index in [1.807, 2.05) is 28.7 Å². The molecule has 0 aliphatic heterocycles. The highest BCUT2D eigenvalue weighted by atomic mass is 127. The van der Waals surface area contributed by atoms with Crippen LogP contribution < -0.4 is 0 Å². The Morgan fingerprint density at radius 1 is 1.44 bits per heavy atom. The number of rotatable bonds is 0. The summed E-state index contributed by atoms with van der Waals surface area (Å²) in [4.78, 5) is 0. The molecule has 9 heavy (non-hydrogen) atoms. The number of hydrogen-bond acceptors (Lipinski definition) is 3. The smallest absolute Gasteiger partial charge is 0.163 e. The third-order valence-corrected chi connectivity index (χ3v) is 1.32. The van der Waals surface area contributed by atoms with E-state index >= 15 is 0 Å². The first-order valence-corrected chi connectivity index (χ1v) is 3.30. The van der Waals surface area contributed by atoms with E-state index < -0.39 is 0 Å². The Balaban J connectivity index is 3.06. The van der Waals surface area contributed by atoms with E-state index in [-0.39, 0.29) is 0 Å². The zero-order valence-electron chi connectivity index (χ0n) is 4.37. The number of hydrogen-bond donors (Lipinski definition) is 0. The van der Waals surface area contributed by atoms with Crippen LogP contribution in [0.1, 0.15) is 5.69 Å². The molecule has 0 amide bonds. The van der Waals surface area contributed by atoms with Crippen LogP contribution in [-0.4, -0.2) is 10.2 Å². The van der Waals surface area contributed by atoms with Gasteiger partial charge in [0.15, 0.2) is 5.69 Å². The summed E-state index contributed by atoms with van der Waals surface area (Å²) in [5.74, 6) is 0. The lowest BCUT2D eigenvalue weighted by atomic mass is 10.4. The first-order chi connectivity index (χ1) is 4.33. The molecule has 0 unspecified atom stereocenters. The zero-order chi connectivity index (χ0) is 6.69. The van der Waals surface area contributed by atoms with Crippen LogP contribution in [0.4, 0.5) is 0 Å². The van der Waals surface area contributed by atoms with Crippen molar-refractivity contribution < 1.29 is 0 Å². The fourth-order valence-corrected chi connectivity index (χ4v) is 0.663. The molecule has 1 aromatic heterocycles. The van der Waals surface area contributed by atoms with Gasteiger partial charge in [0, 0.05) is 0 Å². The third kappa shape index (κ3) is 1.61. The van der Waals surface area contributed by atoms with Crippen LogP contribution in [0.3, 0.4) is 0 Å². The summed E-state index contributed by atoms with van der Waals surface area (Å²) in [6, 6.07) is 5.25. The molecule has 1 rings (SSSR count). The van der Waals surface area contributed by atoms with Crippen molar-refractivity contribution in [3.63, 3.8) is 0 Å². The summed E-state index contributed by atoms with van der Waals surface area (Å²) < 4.78 is 0.798. The fourth-order valence-electron chi connectivity index (χ4n) is 0.376. The van der Waals surface area contributed by atoms with Gasteiger partial charge in [-0.1, -0.05) is 0 Å². The molecule has 0 atom stereocenters. The minimum Gasteiger partial charge on any atom is -0.191 e. The minimum atomic E-state index is 0.357. The van der Waals surface area contributed by atoms with Gasteiger partial charge in [-0.25, -0.2) is 0 Å². The van der Waals surface area contributed by atoms with Crippen LogP contribution in [-0.2, 0) is 0 Å². The molecule has 0 saturated carbocycles. The van der Waals surface area contributed by atoms with Crippen molar-refractivity contribution in [3.05, 3.63) is 21.5 Å². The number of nitrogens with zero attached hydrogens (tertiary/aromatic N) is 3. The first kappa shape index (κ1) is 6.42. The average molecular weight is 231 g/mol. The highest BCUT2D eigenvalue weighted by molar-refractivity contribution is 14.1. The van der Waals surface area contributed by atoms with Gasteiger partial charge >= 0.3 is 0 Å². The van der Waals surface area contributed by atoms with Crippen molar-refractivity contribution in [2.75, 3.05) is 0 Å². The van der Waals surface area contributed by atoms with E-state index in [1.54, 1.807) is 12.1 Å². The highest BCUT2D eigenvalue weighted by Gasteiger charge is 1.89. The largest absolute Gasteiger partial charge is 0.191 e. The van der Waals surface area contributed by atoms with E-state index in [2.05, 4.69) is 10.2 Å². The molecule has 3 nitrogen and oxygen atoms in total. The van der Waals surface area contributed by atoms with Crippen LogP contribution in [0.5, 0.6) is 0 Å². The van der Waals surface area contributed by atoms with Crippen molar-refractivity contribution in [2.45, 2.75) is 0 Å². The molecular formula is C5H2IN3. The Morgan fingerprint density at radius 3 is 2.67 bits per heavy atom. The Kier molecular flexibility index (Phi) is 1.95. The Hall–Kier alpha value is -0.700.